The average molecular weight is 344 g/mol. The fraction of sp³-hybridized carbons (Fsp3) is 0.238. The molecule has 0 saturated carbocycles. The van der Waals surface area contributed by atoms with Crippen LogP contribution in [0.4, 0.5) is 0 Å². The molecule has 1 aliphatic rings. The van der Waals surface area contributed by atoms with Gasteiger partial charge in [0.15, 0.2) is 0 Å². The monoisotopic (exact) mass is 344 g/mol. The molecular formula is C21H20N4O. The zero-order valence-electron chi connectivity index (χ0n) is 14.5. The summed E-state index contributed by atoms with van der Waals surface area (Å²) in [5.74, 6) is 0. The van der Waals surface area contributed by atoms with Gasteiger partial charge in [0, 0.05) is 30.4 Å². The number of nitriles is 1. The van der Waals surface area contributed by atoms with Crippen LogP contribution in [-0.2, 0) is 11.3 Å². The van der Waals surface area contributed by atoms with Crippen molar-refractivity contribution in [2.75, 3.05) is 19.8 Å². The first-order valence-electron chi connectivity index (χ1n) is 8.76. The lowest BCUT2D eigenvalue weighted by Gasteiger charge is -2.31. The number of benzene rings is 2. The van der Waals surface area contributed by atoms with E-state index in [1.54, 1.807) is 0 Å². The van der Waals surface area contributed by atoms with E-state index in [0.29, 0.717) is 19.8 Å². The van der Waals surface area contributed by atoms with Gasteiger partial charge in [-0.3, -0.25) is 4.90 Å². The van der Waals surface area contributed by atoms with E-state index in [1.807, 2.05) is 53.2 Å². The van der Waals surface area contributed by atoms with E-state index in [0.717, 1.165) is 29.1 Å². The van der Waals surface area contributed by atoms with Gasteiger partial charge in [-0.05, 0) is 12.1 Å². The largest absolute Gasteiger partial charge is 0.377 e. The maximum Gasteiger partial charge on any atom is 0.122 e. The van der Waals surface area contributed by atoms with Crippen LogP contribution in [0.15, 0.2) is 66.9 Å². The van der Waals surface area contributed by atoms with Crippen molar-refractivity contribution in [2.45, 2.75) is 12.6 Å². The van der Waals surface area contributed by atoms with Gasteiger partial charge in [-0.15, -0.1) is 0 Å². The molecule has 4 rings (SSSR count). The van der Waals surface area contributed by atoms with Gasteiger partial charge in [0.05, 0.1) is 30.7 Å². The van der Waals surface area contributed by atoms with Gasteiger partial charge in [0.2, 0.25) is 0 Å². The molecule has 3 aromatic rings. The van der Waals surface area contributed by atoms with Crippen molar-refractivity contribution in [1.29, 1.82) is 5.26 Å². The second-order valence-corrected chi connectivity index (χ2v) is 6.34. The molecule has 0 aliphatic carbocycles. The molecule has 26 heavy (non-hydrogen) atoms. The molecule has 0 radical (unpaired) electrons. The fourth-order valence-electron chi connectivity index (χ4n) is 3.24. The quantitative estimate of drug-likeness (QED) is 0.729. The number of nitrogens with zero attached hydrogens (tertiary/aromatic N) is 4. The number of hydrogen-bond acceptors (Lipinski definition) is 4. The standard InChI is InChI=1S/C21H20N4O/c22-13-20-16-26-12-11-24(20)14-18-15-25(19-9-5-2-6-10-19)23-21(18)17-7-3-1-4-8-17/h1-10,15,20H,11-12,14,16H2. The Bertz CT molecular complexity index is 899. The van der Waals surface area contributed by atoms with Crippen LogP contribution in [-0.4, -0.2) is 40.5 Å². The highest BCUT2D eigenvalue weighted by molar-refractivity contribution is 5.63. The second-order valence-electron chi connectivity index (χ2n) is 6.34. The molecule has 130 valence electrons. The maximum atomic E-state index is 9.42. The molecule has 1 saturated heterocycles. The lowest BCUT2D eigenvalue weighted by molar-refractivity contribution is 0.00896. The Hall–Kier alpha value is -2.94. The summed E-state index contributed by atoms with van der Waals surface area (Å²) in [6.07, 6.45) is 2.07. The molecule has 0 spiro atoms. The Morgan fingerprint density at radius 2 is 1.81 bits per heavy atom. The molecule has 1 aliphatic heterocycles. The predicted molar refractivity (Wildman–Crippen MR) is 99.6 cm³/mol. The van der Waals surface area contributed by atoms with E-state index < -0.39 is 0 Å². The van der Waals surface area contributed by atoms with Crippen molar-refractivity contribution in [3.8, 4) is 23.0 Å². The highest BCUT2D eigenvalue weighted by Gasteiger charge is 2.24. The fourth-order valence-corrected chi connectivity index (χ4v) is 3.24. The topological polar surface area (TPSA) is 54.1 Å². The first kappa shape index (κ1) is 16.5. The van der Waals surface area contributed by atoms with Gasteiger partial charge < -0.3 is 4.74 Å². The van der Waals surface area contributed by atoms with Crippen LogP contribution < -0.4 is 0 Å². The van der Waals surface area contributed by atoms with Gasteiger partial charge >= 0.3 is 0 Å². The third kappa shape index (κ3) is 3.38. The molecule has 1 unspecified atom stereocenters. The first-order chi connectivity index (χ1) is 12.8. The molecule has 1 aromatic heterocycles. The summed E-state index contributed by atoms with van der Waals surface area (Å²) >= 11 is 0. The molecule has 2 heterocycles. The van der Waals surface area contributed by atoms with Crippen molar-refractivity contribution in [3.05, 3.63) is 72.4 Å². The number of para-hydroxylation sites is 1. The summed E-state index contributed by atoms with van der Waals surface area (Å²) in [5, 5.41) is 14.3. The normalized spacial score (nSPS) is 17.7. The summed E-state index contributed by atoms with van der Waals surface area (Å²) in [4.78, 5) is 2.17. The molecule has 2 aromatic carbocycles. The number of hydrogen-bond donors (Lipinski definition) is 0. The first-order valence-corrected chi connectivity index (χ1v) is 8.76. The lowest BCUT2D eigenvalue weighted by Crippen LogP contribution is -2.43. The van der Waals surface area contributed by atoms with Crippen LogP contribution in [0.5, 0.6) is 0 Å². The van der Waals surface area contributed by atoms with Crippen molar-refractivity contribution in [3.63, 3.8) is 0 Å². The summed E-state index contributed by atoms with van der Waals surface area (Å²) in [6, 6.07) is 22.4. The molecular weight excluding hydrogens is 324 g/mol. The maximum absolute atomic E-state index is 9.42. The van der Waals surface area contributed by atoms with Crippen LogP contribution in [0.1, 0.15) is 5.56 Å². The van der Waals surface area contributed by atoms with Gasteiger partial charge in [-0.2, -0.15) is 10.4 Å². The summed E-state index contributed by atoms with van der Waals surface area (Å²) in [5.41, 5.74) is 4.17. The van der Waals surface area contributed by atoms with E-state index in [4.69, 9.17) is 9.84 Å². The summed E-state index contributed by atoms with van der Waals surface area (Å²) < 4.78 is 7.36. The number of morpholine rings is 1. The molecule has 5 nitrogen and oxygen atoms in total. The third-order valence-electron chi connectivity index (χ3n) is 4.62. The Morgan fingerprint density at radius 3 is 2.54 bits per heavy atom. The molecule has 1 fully saturated rings. The molecule has 1 atom stereocenters. The van der Waals surface area contributed by atoms with Crippen molar-refractivity contribution in [1.82, 2.24) is 14.7 Å². The van der Waals surface area contributed by atoms with Crippen molar-refractivity contribution in [2.24, 2.45) is 0 Å². The Kier molecular flexibility index (Phi) is 4.78. The van der Waals surface area contributed by atoms with Crippen molar-refractivity contribution < 1.29 is 4.74 Å². The van der Waals surface area contributed by atoms with Crippen LogP contribution in [0, 0.1) is 11.3 Å². The smallest absolute Gasteiger partial charge is 0.122 e. The summed E-state index contributed by atoms with van der Waals surface area (Å²) in [6.45, 7) is 2.55. The van der Waals surface area contributed by atoms with E-state index in [1.165, 1.54) is 0 Å². The predicted octanol–water partition coefficient (Wildman–Crippen LogP) is 3.26. The zero-order valence-corrected chi connectivity index (χ0v) is 14.5. The summed E-state index contributed by atoms with van der Waals surface area (Å²) in [7, 11) is 0. The Morgan fingerprint density at radius 1 is 1.08 bits per heavy atom. The third-order valence-corrected chi connectivity index (χ3v) is 4.62. The van der Waals surface area contributed by atoms with Crippen molar-refractivity contribution >= 4 is 0 Å². The van der Waals surface area contributed by atoms with Crippen LogP contribution in [0.2, 0.25) is 0 Å². The highest BCUT2D eigenvalue weighted by Crippen LogP contribution is 2.25. The number of ether oxygens (including phenoxy) is 1. The van der Waals surface area contributed by atoms with Crippen LogP contribution in [0.25, 0.3) is 16.9 Å². The van der Waals surface area contributed by atoms with Gasteiger partial charge in [-0.1, -0.05) is 48.5 Å². The minimum absolute atomic E-state index is 0.215. The SMILES string of the molecule is N#CC1COCCN1Cc1cn(-c2ccccc2)nc1-c1ccccc1. The number of rotatable bonds is 4. The molecule has 0 N–H and O–H groups in total. The van der Waals surface area contributed by atoms with Crippen LogP contribution >= 0.6 is 0 Å². The molecule has 0 amide bonds. The van der Waals surface area contributed by atoms with Crippen LogP contribution in [0.3, 0.4) is 0 Å². The Balaban J connectivity index is 1.72. The zero-order chi connectivity index (χ0) is 17.8. The van der Waals surface area contributed by atoms with Gasteiger partial charge in [0.1, 0.15) is 6.04 Å². The molecule has 0 bridgehead atoms. The number of aromatic nitrogens is 2. The average Bonchev–Trinajstić information content (AvgIpc) is 3.13. The highest BCUT2D eigenvalue weighted by atomic mass is 16.5. The van der Waals surface area contributed by atoms with E-state index in [2.05, 4.69) is 29.3 Å². The van der Waals surface area contributed by atoms with E-state index in [-0.39, 0.29) is 6.04 Å². The second kappa shape index (κ2) is 7.52. The minimum Gasteiger partial charge on any atom is -0.377 e. The van der Waals surface area contributed by atoms with Gasteiger partial charge in [-0.25, -0.2) is 4.68 Å². The van der Waals surface area contributed by atoms with E-state index in [9.17, 15) is 5.26 Å². The lowest BCUT2D eigenvalue weighted by atomic mass is 10.1. The van der Waals surface area contributed by atoms with Gasteiger partial charge in [0.25, 0.3) is 0 Å². The Labute approximate surface area is 153 Å². The minimum atomic E-state index is -0.215. The molecule has 5 heteroatoms. The van der Waals surface area contributed by atoms with E-state index >= 15 is 0 Å².